The van der Waals surface area contributed by atoms with Crippen LogP contribution in [0, 0.1) is 5.92 Å². The van der Waals surface area contributed by atoms with Crippen LogP contribution in [0.4, 0.5) is 0 Å². The van der Waals surface area contributed by atoms with E-state index in [-0.39, 0.29) is 12.5 Å². The van der Waals surface area contributed by atoms with Gasteiger partial charge in [-0.05, 0) is 25.7 Å². The van der Waals surface area contributed by atoms with E-state index in [0.717, 1.165) is 12.8 Å². The van der Waals surface area contributed by atoms with Gasteiger partial charge in [0.15, 0.2) is 0 Å². The first kappa shape index (κ1) is 11.9. The van der Waals surface area contributed by atoms with Crippen LogP contribution < -0.4 is 5.73 Å². The molecule has 0 aromatic heterocycles. The molecule has 14 heavy (non-hydrogen) atoms. The minimum absolute atomic E-state index is 0.208. The van der Waals surface area contributed by atoms with Gasteiger partial charge in [-0.1, -0.05) is 0 Å². The Hall–Kier alpha value is -0.160. The van der Waals surface area contributed by atoms with Crippen molar-refractivity contribution in [2.24, 2.45) is 11.7 Å². The molecule has 0 amide bonds. The van der Waals surface area contributed by atoms with Gasteiger partial charge >= 0.3 is 0 Å². The number of ether oxygens (including phenoxy) is 1. The van der Waals surface area contributed by atoms with Crippen molar-refractivity contribution in [3.8, 4) is 0 Å². The minimum Gasteiger partial charge on any atom is -0.392 e. The molecule has 0 aliphatic carbocycles. The van der Waals surface area contributed by atoms with Crippen molar-refractivity contribution in [1.29, 1.82) is 0 Å². The molecule has 0 bridgehead atoms. The van der Waals surface area contributed by atoms with Gasteiger partial charge in [0.1, 0.15) is 0 Å². The quantitative estimate of drug-likeness (QED) is 0.595. The number of nitrogens with two attached hydrogens (primary N) is 1. The van der Waals surface area contributed by atoms with Gasteiger partial charge in [0.05, 0.1) is 11.7 Å². The van der Waals surface area contributed by atoms with Crippen molar-refractivity contribution in [3.05, 3.63) is 0 Å². The van der Waals surface area contributed by atoms with Crippen molar-refractivity contribution in [3.63, 3.8) is 0 Å². The highest BCUT2D eigenvalue weighted by Crippen LogP contribution is 2.30. The molecule has 1 aliphatic heterocycles. The van der Waals surface area contributed by atoms with Crippen molar-refractivity contribution >= 4 is 0 Å². The second kappa shape index (κ2) is 5.07. The van der Waals surface area contributed by atoms with Crippen LogP contribution in [0.5, 0.6) is 0 Å². The molecule has 0 saturated carbocycles. The van der Waals surface area contributed by atoms with Crippen LogP contribution in [0.2, 0.25) is 0 Å². The van der Waals surface area contributed by atoms with Gasteiger partial charge in [-0.3, -0.25) is 0 Å². The summed E-state index contributed by atoms with van der Waals surface area (Å²) in [5.74, 6) is 0.220. The number of rotatable bonds is 4. The molecule has 2 atom stereocenters. The monoisotopic (exact) mass is 203 g/mol. The van der Waals surface area contributed by atoms with Gasteiger partial charge in [0.2, 0.25) is 0 Å². The Morgan fingerprint density at radius 1 is 1.50 bits per heavy atom. The van der Waals surface area contributed by atoms with Crippen LogP contribution in [0.1, 0.15) is 26.2 Å². The highest BCUT2D eigenvalue weighted by atomic mass is 16.5. The first-order valence-corrected chi connectivity index (χ1v) is 5.24. The van der Waals surface area contributed by atoms with E-state index in [2.05, 4.69) is 0 Å². The summed E-state index contributed by atoms with van der Waals surface area (Å²) >= 11 is 0. The van der Waals surface area contributed by atoms with E-state index in [4.69, 9.17) is 10.5 Å². The average Bonchev–Trinajstić information content (AvgIpc) is 2.18. The molecule has 1 rings (SSSR count). The Labute approximate surface area is 85.1 Å². The summed E-state index contributed by atoms with van der Waals surface area (Å²) in [4.78, 5) is 0. The van der Waals surface area contributed by atoms with Crippen molar-refractivity contribution in [2.45, 2.75) is 37.9 Å². The molecule has 84 valence electrons. The summed E-state index contributed by atoms with van der Waals surface area (Å²) < 4.78 is 5.23. The predicted molar refractivity (Wildman–Crippen MR) is 53.8 cm³/mol. The fourth-order valence-corrected chi connectivity index (χ4v) is 2.05. The van der Waals surface area contributed by atoms with Crippen LogP contribution in [-0.2, 0) is 4.74 Å². The third-order valence-corrected chi connectivity index (χ3v) is 3.02. The van der Waals surface area contributed by atoms with Gasteiger partial charge in [-0.25, -0.2) is 0 Å². The maximum atomic E-state index is 10.2. The number of hydrogen-bond acceptors (Lipinski definition) is 4. The summed E-state index contributed by atoms with van der Waals surface area (Å²) in [5.41, 5.74) is 4.51. The van der Waals surface area contributed by atoms with Crippen molar-refractivity contribution in [2.75, 3.05) is 19.8 Å². The lowest BCUT2D eigenvalue weighted by atomic mass is 9.80. The Balaban J connectivity index is 2.45. The summed E-state index contributed by atoms with van der Waals surface area (Å²) in [7, 11) is 0. The van der Waals surface area contributed by atoms with E-state index in [1.807, 2.05) is 0 Å². The van der Waals surface area contributed by atoms with Crippen molar-refractivity contribution in [1.82, 2.24) is 0 Å². The van der Waals surface area contributed by atoms with E-state index < -0.39 is 11.7 Å². The summed E-state index contributed by atoms with van der Waals surface area (Å²) in [5, 5.41) is 19.6. The normalized spacial score (nSPS) is 25.7. The number of aliphatic hydroxyl groups excluding tert-OH is 1. The molecule has 0 aromatic rings. The second-order valence-corrected chi connectivity index (χ2v) is 4.34. The lowest BCUT2D eigenvalue weighted by Gasteiger charge is -2.36. The molecule has 0 aromatic carbocycles. The SMILES string of the molecule is C[C@@](O)(C[C@@H](O)CN)C1CCOCC1. The molecule has 1 saturated heterocycles. The molecule has 0 radical (unpaired) electrons. The van der Waals surface area contributed by atoms with Crippen LogP contribution >= 0.6 is 0 Å². The Morgan fingerprint density at radius 2 is 2.07 bits per heavy atom. The standard InChI is InChI=1S/C10H21NO3/c1-10(13,6-9(12)7-11)8-2-4-14-5-3-8/h8-9,12-13H,2-7,11H2,1H3/t9-,10-/m1/s1. The molecule has 0 unspecified atom stereocenters. The van der Waals surface area contributed by atoms with E-state index in [0.29, 0.717) is 19.6 Å². The highest BCUT2D eigenvalue weighted by molar-refractivity contribution is 4.86. The van der Waals surface area contributed by atoms with Gasteiger partial charge in [-0.15, -0.1) is 0 Å². The molecule has 4 nitrogen and oxygen atoms in total. The zero-order valence-electron chi connectivity index (χ0n) is 8.78. The second-order valence-electron chi connectivity index (χ2n) is 4.34. The smallest absolute Gasteiger partial charge is 0.0689 e. The van der Waals surface area contributed by atoms with E-state index in [9.17, 15) is 10.2 Å². The third-order valence-electron chi connectivity index (χ3n) is 3.02. The Bertz CT molecular complexity index is 167. The maximum absolute atomic E-state index is 10.2. The average molecular weight is 203 g/mol. The van der Waals surface area contributed by atoms with E-state index >= 15 is 0 Å². The molecular weight excluding hydrogens is 182 g/mol. The van der Waals surface area contributed by atoms with Gasteiger partial charge in [0, 0.05) is 26.2 Å². The fraction of sp³-hybridized carbons (Fsp3) is 1.00. The molecule has 0 spiro atoms. The zero-order valence-corrected chi connectivity index (χ0v) is 8.78. The summed E-state index contributed by atoms with van der Waals surface area (Å²) in [6, 6.07) is 0. The topological polar surface area (TPSA) is 75.7 Å². The van der Waals surface area contributed by atoms with Crippen LogP contribution in [0.25, 0.3) is 0 Å². The Morgan fingerprint density at radius 3 is 2.57 bits per heavy atom. The molecular formula is C10H21NO3. The fourth-order valence-electron chi connectivity index (χ4n) is 2.05. The van der Waals surface area contributed by atoms with Crippen LogP contribution in [0.3, 0.4) is 0 Å². The largest absolute Gasteiger partial charge is 0.392 e. The number of aliphatic hydroxyl groups is 2. The lowest BCUT2D eigenvalue weighted by Crippen LogP contribution is -2.42. The lowest BCUT2D eigenvalue weighted by molar-refractivity contribution is -0.0765. The maximum Gasteiger partial charge on any atom is 0.0689 e. The predicted octanol–water partition coefficient (Wildman–Crippen LogP) is -0.126. The molecule has 1 fully saturated rings. The van der Waals surface area contributed by atoms with Crippen LogP contribution in [-0.4, -0.2) is 41.7 Å². The van der Waals surface area contributed by atoms with E-state index in [1.165, 1.54) is 0 Å². The molecule has 4 N–H and O–H groups in total. The summed E-state index contributed by atoms with van der Waals surface area (Å²) in [6.45, 7) is 3.40. The van der Waals surface area contributed by atoms with Gasteiger partial charge < -0.3 is 20.7 Å². The van der Waals surface area contributed by atoms with Gasteiger partial charge in [-0.2, -0.15) is 0 Å². The first-order valence-electron chi connectivity index (χ1n) is 5.24. The first-order chi connectivity index (χ1) is 6.56. The highest BCUT2D eigenvalue weighted by Gasteiger charge is 2.34. The Kier molecular flexibility index (Phi) is 4.31. The van der Waals surface area contributed by atoms with Gasteiger partial charge in [0.25, 0.3) is 0 Å². The van der Waals surface area contributed by atoms with Crippen molar-refractivity contribution < 1.29 is 14.9 Å². The van der Waals surface area contributed by atoms with Crippen LogP contribution in [0.15, 0.2) is 0 Å². The molecule has 1 heterocycles. The minimum atomic E-state index is -0.817. The third kappa shape index (κ3) is 3.20. The van der Waals surface area contributed by atoms with E-state index in [1.54, 1.807) is 6.92 Å². The molecule has 4 heteroatoms. The zero-order chi connectivity index (χ0) is 10.6. The molecule has 1 aliphatic rings. The number of hydrogen-bond donors (Lipinski definition) is 3. The summed E-state index contributed by atoms with van der Waals surface area (Å²) in [6.07, 6.45) is 1.48.